The van der Waals surface area contributed by atoms with E-state index in [-0.39, 0.29) is 29.2 Å². The van der Waals surface area contributed by atoms with Gasteiger partial charge >= 0.3 is 0 Å². The largest absolute Gasteiger partial charge is 0.504 e. The van der Waals surface area contributed by atoms with Crippen LogP contribution in [0.3, 0.4) is 0 Å². The van der Waals surface area contributed by atoms with Crippen LogP contribution in [0.5, 0.6) is 11.5 Å². The zero-order valence-electron chi connectivity index (χ0n) is 48.9. The molecule has 0 spiro atoms. The quantitative estimate of drug-likeness (QED) is 0.0199. The van der Waals surface area contributed by atoms with Gasteiger partial charge in [0, 0.05) is 80.9 Å². The van der Waals surface area contributed by atoms with Crippen LogP contribution in [-0.4, -0.2) is 224 Å². The molecule has 4 saturated heterocycles. The molecule has 13 atom stereocenters. The lowest BCUT2D eigenvalue weighted by atomic mass is 9.98. The van der Waals surface area contributed by atoms with Crippen LogP contribution in [0.4, 0.5) is 5.69 Å². The third-order valence-corrected chi connectivity index (χ3v) is 17.4. The highest BCUT2D eigenvalue weighted by Gasteiger charge is 2.50. The molecule has 9 rings (SSSR count). The van der Waals surface area contributed by atoms with Gasteiger partial charge in [0.25, 0.3) is 18.2 Å². The van der Waals surface area contributed by atoms with Crippen molar-refractivity contribution < 1.29 is 92.9 Å². The summed E-state index contributed by atoms with van der Waals surface area (Å²) >= 11 is 1.32. The van der Waals surface area contributed by atoms with Crippen LogP contribution in [0.1, 0.15) is 61.9 Å². The van der Waals surface area contributed by atoms with Crippen LogP contribution >= 0.6 is 23.7 Å². The van der Waals surface area contributed by atoms with E-state index < -0.39 is 177 Å². The lowest BCUT2D eigenvalue weighted by molar-refractivity contribution is -0.433. The van der Waals surface area contributed by atoms with Crippen molar-refractivity contribution in [2.45, 2.75) is 125 Å². The number of amides is 8. The Labute approximate surface area is 526 Å². The van der Waals surface area contributed by atoms with Crippen molar-refractivity contribution in [1.29, 1.82) is 0 Å². The fourth-order valence-corrected chi connectivity index (χ4v) is 12.3. The van der Waals surface area contributed by atoms with Gasteiger partial charge < -0.3 is 86.9 Å². The molecule has 2 aromatic heterocycles. The fraction of sp³-hybridized carbons (Fsp3) is 0.456. The van der Waals surface area contributed by atoms with E-state index in [1.807, 2.05) is 18.3 Å². The minimum Gasteiger partial charge on any atom is -0.504 e. The third kappa shape index (κ3) is 16.0. The van der Waals surface area contributed by atoms with Crippen molar-refractivity contribution >= 4 is 76.6 Å². The molecule has 0 aliphatic carbocycles. The standard InChI is InChI=1S/C57H69N13O19S2/c1-27-24-69-47(48(27)78)53(83)59-23-35(72)19-37(61-49(79)30-6-8-31(9-7-30)54-65-66-55(90-54)32-22-60-70(25-32)34-12-10-33(11-13-34)67-15-3-4-16-67)50(80)62-44(28(2)71)56(84)68-26-36(73)20-38(68)51(81)63-45(52(82)64-46(57(69)85)41(76)21-43(58)77)40(75)17-29-5-14-39(74)42(18-29)87-91-89-88-86/h5-14,18,22,25,27-28,35-38,40-41,44-48,71-76,78,86H,3-4,15-17,19-21,23-24,26H2,1-2H3,(H2,58,77)(H,59,83)(H,61,79)(H,62,80)(H,63,81)(H,64,82)/t27?,28?,35?,36?,37-,38?,40?,41?,44?,45?,46?,47?,48?/m0/s1. The topological polar surface area (TPSA) is 466 Å². The van der Waals surface area contributed by atoms with Gasteiger partial charge in [-0.05, 0) is 73.9 Å². The molecule has 4 fully saturated rings. The molecule has 6 heterocycles. The van der Waals surface area contributed by atoms with Crippen LogP contribution in [0, 0.1) is 5.92 Å². The van der Waals surface area contributed by atoms with Crippen LogP contribution in [0.2, 0.25) is 0 Å². The summed E-state index contributed by atoms with van der Waals surface area (Å²) in [6, 6.07) is 5.95. The smallest absolute Gasteiger partial charge is 0.261 e. The molecule has 0 radical (unpaired) electrons. The number of phenols is 1. The molecule has 15 N–H and O–H groups in total. The lowest BCUT2D eigenvalue weighted by Crippen LogP contribution is -2.64. The number of fused-ring (bicyclic) bond motifs is 2. The number of anilines is 1. The number of carbonyl (C=O) groups is 8. The maximum absolute atomic E-state index is 14.7. The number of nitrogens with two attached hydrogens (primary N) is 1. The summed E-state index contributed by atoms with van der Waals surface area (Å²) in [7, 11) is 0. The molecule has 4 aliphatic rings. The summed E-state index contributed by atoms with van der Waals surface area (Å²) in [4.78, 5) is 118. The zero-order chi connectivity index (χ0) is 65.4. The number of aromatic hydroxyl groups is 1. The molecule has 34 heteroatoms. The van der Waals surface area contributed by atoms with Crippen LogP contribution < -0.4 is 41.4 Å². The molecule has 3 aromatic carbocycles. The van der Waals surface area contributed by atoms with Crippen molar-refractivity contribution in [3.63, 3.8) is 0 Å². The van der Waals surface area contributed by atoms with Gasteiger partial charge in [-0.25, -0.2) is 9.94 Å². The Morgan fingerprint density at radius 1 is 0.780 bits per heavy atom. The number of aromatic nitrogens is 4. The van der Waals surface area contributed by atoms with E-state index in [0.29, 0.717) is 21.1 Å². The Kier molecular flexibility index (Phi) is 21.9. The van der Waals surface area contributed by atoms with Crippen molar-refractivity contribution in [2.24, 2.45) is 11.7 Å². The second-order valence-corrected chi connectivity index (χ2v) is 24.1. The number of carbonyl (C=O) groups excluding carboxylic acids is 8. The number of phenolic OH excluding ortho intramolecular Hbond substituents is 1. The molecule has 8 amide bonds. The Morgan fingerprint density at radius 2 is 1.44 bits per heavy atom. The van der Waals surface area contributed by atoms with E-state index in [4.69, 9.17) is 15.2 Å². The summed E-state index contributed by atoms with van der Waals surface area (Å²) < 4.78 is 11.0. The number of hydrogen-bond acceptors (Lipinski definition) is 25. The fourth-order valence-electron chi connectivity index (χ4n) is 11.2. The number of rotatable bonds is 17. The number of nitrogens with zero attached hydrogens (tertiary/aromatic N) is 7. The first-order valence-electron chi connectivity index (χ1n) is 28.9. The lowest BCUT2D eigenvalue weighted by Gasteiger charge is -2.33. The summed E-state index contributed by atoms with van der Waals surface area (Å²) in [5.41, 5.74) is 8.77. The van der Waals surface area contributed by atoms with Crippen LogP contribution in [0.15, 0.2) is 79.1 Å². The normalized spacial score (nSPS) is 25.7. The van der Waals surface area contributed by atoms with Gasteiger partial charge in [0.15, 0.2) is 16.5 Å². The summed E-state index contributed by atoms with van der Waals surface area (Å²) in [5, 5.41) is 117. The molecule has 5 aromatic rings. The molecule has 4 aliphatic heterocycles. The van der Waals surface area contributed by atoms with E-state index >= 15 is 0 Å². The molecule has 0 saturated carbocycles. The number of aliphatic hydroxyl groups excluding tert-OH is 6. The second kappa shape index (κ2) is 29.7. The number of β-amino-alcohol motifs (C(OH)–C–C–N with tert-alkyl or cyclic N) is 1. The molecule has 32 nitrogen and oxygen atoms in total. The van der Waals surface area contributed by atoms with E-state index in [2.05, 4.69) is 68.3 Å². The Bertz CT molecular complexity index is 3450. The van der Waals surface area contributed by atoms with Gasteiger partial charge in [-0.3, -0.25) is 38.4 Å². The minimum absolute atomic E-state index is 0.00270. The minimum atomic E-state index is -2.22. The summed E-state index contributed by atoms with van der Waals surface area (Å²) in [6.07, 6.45) is -7.82. The zero-order valence-corrected chi connectivity index (χ0v) is 50.5. The van der Waals surface area contributed by atoms with Gasteiger partial charge in [-0.15, -0.1) is 10.2 Å². The monoisotopic (exact) mass is 1300 g/mol. The van der Waals surface area contributed by atoms with Crippen molar-refractivity contribution in [2.75, 3.05) is 37.6 Å². The molecule has 0 bridgehead atoms. The predicted octanol–water partition coefficient (Wildman–Crippen LogP) is -2.45. The SMILES string of the molecule is CC(O)C1NC(=O)[C@@H](NC(=O)c2ccc(-c3nnc(-c4cnn(-c5ccc(N6CCCC6)cc5)c4)s3)cc2)CC(O)CNC(=O)C2C(O)C(C)CN2C(=O)C(C(O)CC(N)=O)NC(=O)C(C(O)Cc2ccc(O)c(OSOOO)c2)NC(=O)C2CC(O)CN2C1=O. The average Bonchev–Trinajstić information content (AvgIpc) is 1.75. The van der Waals surface area contributed by atoms with E-state index in [1.165, 1.54) is 36.5 Å². The Morgan fingerprint density at radius 3 is 2.12 bits per heavy atom. The van der Waals surface area contributed by atoms with Crippen LogP contribution in [-0.2, 0) is 49.4 Å². The van der Waals surface area contributed by atoms with E-state index in [1.54, 1.807) is 23.0 Å². The number of aliphatic hydroxyl groups is 6. The molecule has 488 valence electrons. The Hall–Kier alpha value is -8.42. The van der Waals surface area contributed by atoms with Gasteiger partial charge in [-0.2, -0.15) is 5.10 Å². The molecular formula is C57H69N13O19S2. The highest BCUT2D eigenvalue weighted by Crippen LogP contribution is 2.33. The van der Waals surface area contributed by atoms with Gasteiger partial charge in [0.2, 0.25) is 41.4 Å². The first-order chi connectivity index (χ1) is 43.5. The number of hydrogen-bond donors (Lipinski definition) is 14. The molecule has 91 heavy (non-hydrogen) atoms. The third-order valence-electron chi connectivity index (χ3n) is 16.0. The van der Waals surface area contributed by atoms with Crippen molar-refractivity contribution in [3.05, 3.63) is 90.3 Å². The van der Waals surface area contributed by atoms with E-state index in [0.717, 1.165) is 66.2 Å². The highest BCUT2D eigenvalue weighted by atomic mass is 32.2. The van der Waals surface area contributed by atoms with Crippen molar-refractivity contribution in [3.8, 4) is 38.3 Å². The summed E-state index contributed by atoms with van der Waals surface area (Å²) in [5.74, 6) is -11.1. The highest BCUT2D eigenvalue weighted by molar-refractivity contribution is 7.90. The van der Waals surface area contributed by atoms with Crippen LogP contribution in [0.25, 0.3) is 26.8 Å². The second-order valence-electron chi connectivity index (χ2n) is 22.6. The predicted molar refractivity (Wildman–Crippen MR) is 319 cm³/mol. The first-order valence-corrected chi connectivity index (χ1v) is 30.4. The maximum atomic E-state index is 14.7. The number of benzene rings is 3. The van der Waals surface area contributed by atoms with Gasteiger partial charge in [0.1, 0.15) is 41.3 Å². The first kappa shape index (κ1) is 67.0. The number of nitrogens with one attached hydrogen (secondary N) is 5. The maximum Gasteiger partial charge on any atom is 0.261 e. The molecule has 12 unspecified atom stereocenters. The Balaban J connectivity index is 0.983. The summed E-state index contributed by atoms with van der Waals surface area (Å²) in [6.45, 7) is 2.89. The number of primary amides is 1. The molecular weight excluding hydrogens is 1230 g/mol. The van der Waals surface area contributed by atoms with Gasteiger partial charge in [0.05, 0.1) is 60.5 Å². The average molecular weight is 1300 g/mol. The van der Waals surface area contributed by atoms with Crippen molar-refractivity contribution in [1.82, 2.24) is 56.4 Å². The van der Waals surface area contributed by atoms with Gasteiger partial charge in [-0.1, -0.05) is 45.8 Å². The van der Waals surface area contributed by atoms with E-state index in [9.17, 15) is 74.1 Å².